The number of fused-ring (bicyclic) bond motifs is 6. The highest BCUT2D eigenvalue weighted by Gasteiger charge is 2.23. The molecule has 0 aliphatic rings. The van der Waals surface area contributed by atoms with Crippen LogP contribution >= 0.6 is 22.7 Å². The van der Waals surface area contributed by atoms with Crippen LogP contribution in [-0.4, -0.2) is 0 Å². The van der Waals surface area contributed by atoms with Gasteiger partial charge in [0.25, 0.3) is 0 Å². The van der Waals surface area contributed by atoms with Gasteiger partial charge in [-0.05, 0) is 105 Å². The molecule has 0 aliphatic heterocycles. The molecule has 0 aliphatic carbocycles. The van der Waals surface area contributed by atoms with Crippen molar-refractivity contribution in [3.8, 4) is 55.6 Å². The van der Waals surface area contributed by atoms with Crippen LogP contribution in [0.4, 0.5) is 17.1 Å². The third-order valence-corrected chi connectivity index (χ3v) is 14.6. The zero-order chi connectivity index (χ0) is 41.7. The van der Waals surface area contributed by atoms with Gasteiger partial charge in [0.05, 0.1) is 5.69 Å². The van der Waals surface area contributed by atoms with Gasteiger partial charge >= 0.3 is 0 Å². The minimum Gasteiger partial charge on any atom is -0.310 e. The molecule has 0 N–H and O–H groups in total. The Morgan fingerprint density at radius 3 is 1.17 bits per heavy atom. The maximum atomic E-state index is 2.46. The number of hydrogen-bond acceptors (Lipinski definition) is 3. The zero-order valence-corrected chi connectivity index (χ0v) is 35.9. The topological polar surface area (TPSA) is 3.24 Å². The van der Waals surface area contributed by atoms with E-state index in [1.165, 1.54) is 96.0 Å². The molecule has 0 atom stereocenters. The summed E-state index contributed by atoms with van der Waals surface area (Å²) in [7, 11) is 0. The number of thiophene rings is 2. The largest absolute Gasteiger partial charge is 0.310 e. The smallest absolute Gasteiger partial charge is 0.0546 e. The van der Waals surface area contributed by atoms with Crippen molar-refractivity contribution in [1.29, 1.82) is 0 Å². The van der Waals surface area contributed by atoms with Crippen molar-refractivity contribution in [2.75, 3.05) is 4.90 Å². The number of benzene rings is 10. The summed E-state index contributed by atoms with van der Waals surface area (Å²) >= 11 is 3.73. The van der Waals surface area contributed by atoms with Crippen LogP contribution in [-0.2, 0) is 0 Å². The van der Waals surface area contributed by atoms with Crippen molar-refractivity contribution in [3.05, 3.63) is 237 Å². The Bertz CT molecular complexity index is 3440. The Kier molecular flexibility index (Phi) is 9.29. The molecule has 12 aromatic rings. The summed E-state index contributed by atoms with van der Waals surface area (Å²) in [5, 5.41) is 5.26. The minimum absolute atomic E-state index is 1.09. The van der Waals surface area contributed by atoms with Gasteiger partial charge in [-0.25, -0.2) is 0 Å². The van der Waals surface area contributed by atoms with Crippen molar-refractivity contribution >= 4 is 80.1 Å². The first-order valence-electron chi connectivity index (χ1n) is 21.4. The normalized spacial score (nSPS) is 11.5. The summed E-state index contributed by atoms with van der Waals surface area (Å²) in [6.07, 6.45) is 0. The van der Waals surface area contributed by atoms with Gasteiger partial charge < -0.3 is 4.90 Å². The third-order valence-electron chi connectivity index (χ3n) is 12.3. The Morgan fingerprint density at radius 1 is 0.254 bits per heavy atom. The highest BCUT2D eigenvalue weighted by Crippen LogP contribution is 2.49. The molecule has 0 unspecified atom stereocenters. The fourth-order valence-corrected chi connectivity index (χ4v) is 11.7. The van der Waals surface area contributed by atoms with Crippen LogP contribution in [0, 0.1) is 0 Å². The van der Waals surface area contributed by atoms with Crippen molar-refractivity contribution < 1.29 is 0 Å². The molecule has 0 radical (unpaired) electrons. The minimum atomic E-state index is 1.09. The molecule has 296 valence electrons. The van der Waals surface area contributed by atoms with E-state index in [4.69, 9.17) is 0 Å². The molecule has 10 aromatic carbocycles. The van der Waals surface area contributed by atoms with E-state index in [9.17, 15) is 0 Å². The van der Waals surface area contributed by atoms with E-state index in [0.717, 1.165) is 17.1 Å². The molecule has 63 heavy (non-hydrogen) atoms. The predicted octanol–water partition coefficient (Wildman–Crippen LogP) is 18.2. The summed E-state index contributed by atoms with van der Waals surface area (Å²) < 4.78 is 5.25. The average Bonchev–Trinajstić information content (AvgIpc) is 3.94. The van der Waals surface area contributed by atoms with Gasteiger partial charge in [-0.15, -0.1) is 22.7 Å². The lowest BCUT2D eigenvalue weighted by Crippen LogP contribution is -2.12. The fraction of sp³-hybridized carbons (Fsp3) is 0. The van der Waals surface area contributed by atoms with Crippen molar-refractivity contribution in [3.63, 3.8) is 0 Å². The van der Waals surface area contributed by atoms with Crippen LogP contribution in [0.25, 0.3) is 96.0 Å². The van der Waals surface area contributed by atoms with Crippen LogP contribution in [0.5, 0.6) is 0 Å². The van der Waals surface area contributed by atoms with Crippen molar-refractivity contribution in [2.24, 2.45) is 0 Å². The molecular weight excluding hydrogens is 799 g/mol. The number of nitrogens with zero attached hydrogens (tertiary/aromatic N) is 1. The van der Waals surface area contributed by atoms with Gasteiger partial charge in [-0.2, -0.15) is 0 Å². The predicted molar refractivity (Wildman–Crippen MR) is 274 cm³/mol. The summed E-state index contributed by atoms with van der Waals surface area (Å²) in [5.74, 6) is 0. The molecule has 1 nitrogen and oxygen atoms in total. The standard InChI is InChI=1S/C60H39NS2/c1-3-16-40(17-4-1)46-20-7-8-21-50(46)58-47(41-18-5-2-6-19-41)24-13-27-53(58)61(44-36-32-42(33-37-44)48-25-14-30-56-59(48)51-22-9-11-28-54(51)62-56)45-38-34-43(35-39-45)49-26-15-31-57-60(49)52-23-10-12-29-55(52)63-57/h1-39H. The molecule has 12 rings (SSSR count). The molecule has 0 amide bonds. The number of rotatable bonds is 8. The van der Waals surface area contributed by atoms with E-state index in [1.807, 2.05) is 22.7 Å². The second-order valence-corrected chi connectivity index (χ2v) is 18.1. The van der Waals surface area contributed by atoms with Crippen LogP contribution in [0.1, 0.15) is 0 Å². The van der Waals surface area contributed by atoms with E-state index in [0.29, 0.717) is 0 Å². The van der Waals surface area contributed by atoms with Gasteiger partial charge in [0.15, 0.2) is 0 Å². The van der Waals surface area contributed by atoms with Crippen LogP contribution in [0.3, 0.4) is 0 Å². The van der Waals surface area contributed by atoms with E-state index >= 15 is 0 Å². The first kappa shape index (κ1) is 37.2. The van der Waals surface area contributed by atoms with E-state index in [1.54, 1.807) is 0 Å². The zero-order valence-electron chi connectivity index (χ0n) is 34.3. The number of hydrogen-bond donors (Lipinski definition) is 0. The molecule has 2 heterocycles. The third kappa shape index (κ3) is 6.53. The Balaban J connectivity index is 1.07. The molecule has 0 saturated carbocycles. The lowest BCUT2D eigenvalue weighted by molar-refractivity contribution is 1.28. The summed E-state index contributed by atoms with van der Waals surface area (Å²) in [5.41, 5.74) is 15.3. The van der Waals surface area contributed by atoms with Gasteiger partial charge in [0.2, 0.25) is 0 Å². The summed E-state index contributed by atoms with van der Waals surface area (Å²) in [6.45, 7) is 0. The van der Waals surface area contributed by atoms with E-state index in [2.05, 4.69) is 241 Å². The molecule has 0 spiro atoms. The molecule has 3 heteroatoms. The molecule has 0 saturated heterocycles. The first-order chi connectivity index (χ1) is 31.3. The maximum Gasteiger partial charge on any atom is 0.0546 e. The highest BCUT2D eigenvalue weighted by atomic mass is 32.1. The Morgan fingerprint density at radius 2 is 0.635 bits per heavy atom. The molecule has 2 aromatic heterocycles. The monoisotopic (exact) mass is 837 g/mol. The lowest BCUT2D eigenvalue weighted by Gasteiger charge is -2.30. The molecule has 0 fully saturated rings. The maximum absolute atomic E-state index is 2.46. The van der Waals surface area contributed by atoms with Gasteiger partial charge in [0, 0.05) is 57.3 Å². The van der Waals surface area contributed by atoms with Crippen LogP contribution in [0.15, 0.2) is 237 Å². The summed E-state index contributed by atoms with van der Waals surface area (Å²) in [4.78, 5) is 2.46. The molecule has 0 bridgehead atoms. The number of anilines is 3. The second-order valence-electron chi connectivity index (χ2n) is 16.0. The first-order valence-corrected chi connectivity index (χ1v) is 23.0. The quantitative estimate of drug-likeness (QED) is 0.147. The second kappa shape index (κ2) is 15.7. The van der Waals surface area contributed by atoms with Gasteiger partial charge in [-0.3, -0.25) is 0 Å². The SMILES string of the molecule is c1ccc(-c2ccccc2-c2c(-c3ccccc3)cccc2N(c2ccc(-c3cccc4sc5ccccc5c34)cc2)c2ccc(-c3cccc4sc5ccccc5c34)cc2)cc1. The van der Waals surface area contributed by atoms with Crippen molar-refractivity contribution in [2.45, 2.75) is 0 Å². The lowest BCUT2D eigenvalue weighted by atomic mass is 9.87. The van der Waals surface area contributed by atoms with Gasteiger partial charge in [0.1, 0.15) is 0 Å². The van der Waals surface area contributed by atoms with Gasteiger partial charge in [-0.1, -0.05) is 182 Å². The van der Waals surface area contributed by atoms with Crippen molar-refractivity contribution in [1.82, 2.24) is 0 Å². The Hall–Kier alpha value is -7.56. The molecular formula is C60H39NS2. The van der Waals surface area contributed by atoms with Crippen LogP contribution < -0.4 is 4.90 Å². The van der Waals surface area contributed by atoms with Crippen LogP contribution in [0.2, 0.25) is 0 Å². The highest BCUT2D eigenvalue weighted by molar-refractivity contribution is 7.26. The van der Waals surface area contributed by atoms with E-state index in [-0.39, 0.29) is 0 Å². The van der Waals surface area contributed by atoms with E-state index < -0.39 is 0 Å². The fourth-order valence-electron chi connectivity index (χ4n) is 9.48. The Labute approximate surface area is 375 Å². The average molecular weight is 838 g/mol. The summed E-state index contributed by atoms with van der Waals surface area (Å²) in [6, 6.07) is 86.7.